The molecule has 0 atom stereocenters. The van der Waals surface area contributed by atoms with E-state index in [1.807, 2.05) is 29.1 Å². The van der Waals surface area contributed by atoms with E-state index in [-0.39, 0.29) is 24.8 Å². The molecule has 0 aliphatic carbocycles. The summed E-state index contributed by atoms with van der Waals surface area (Å²) < 4.78 is 11.7. The van der Waals surface area contributed by atoms with Gasteiger partial charge in [0.1, 0.15) is 12.3 Å². The molecule has 0 saturated carbocycles. The first-order chi connectivity index (χ1) is 15.4. The van der Waals surface area contributed by atoms with E-state index in [9.17, 15) is 14.4 Å². The summed E-state index contributed by atoms with van der Waals surface area (Å²) in [5.74, 6) is -0.830. The van der Waals surface area contributed by atoms with Crippen molar-refractivity contribution in [2.45, 2.75) is 6.42 Å². The lowest BCUT2D eigenvalue weighted by atomic mass is 10.1. The molecule has 0 unspecified atom stereocenters. The molecular formula is C23H22ClN3O5. The fourth-order valence-electron chi connectivity index (χ4n) is 2.98. The third-order valence-corrected chi connectivity index (χ3v) is 4.93. The lowest BCUT2D eigenvalue weighted by molar-refractivity contribution is -0.141. The molecule has 9 heteroatoms. The number of hydrogen-bond acceptors (Lipinski definition) is 5. The lowest BCUT2D eigenvalue weighted by Gasteiger charge is -2.14. The number of esters is 1. The normalized spacial score (nSPS) is 10.3. The monoisotopic (exact) mass is 455 g/mol. The summed E-state index contributed by atoms with van der Waals surface area (Å²) in [6, 6.07) is 13.8. The molecule has 0 aliphatic rings. The Balaban J connectivity index is 1.67. The van der Waals surface area contributed by atoms with E-state index in [0.717, 1.165) is 5.56 Å². The van der Waals surface area contributed by atoms with Crippen LogP contribution in [0.3, 0.4) is 0 Å². The molecule has 1 heterocycles. The lowest BCUT2D eigenvalue weighted by Crippen LogP contribution is -2.31. The van der Waals surface area contributed by atoms with Gasteiger partial charge < -0.3 is 24.7 Å². The van der Waals surface area contributed by atoms with Gasteiger partial charge in [-0.05, 0) is 35.9 Å². The number of nitrogens with one attached hydrogen (secondary N) is 2. The fourth-order valence-corrected chi connectivity index (χ4v) is 3.24. The topological polar surface area (TPSA) is 98.7 Å². The van der Waals surface area contributed by atoms with Crippen molar-refractivity contribution < 1.29 is 23.9 Å². The van der Waals surface area contributed by atoms with Gasteiger partial charge in [0, 0.05) is 24.1 Å². The molecule has 0 spiro atoms. The van der Waals surface area contributed by atoms with Gasteiger partial charge >= 0.3 is 5.97 Å². The van der Waals surface area contributed by atoms with E-state index in [0.29, 0.717) is 27.7 Å². The molecule has 2 N–H and O–H groups in total. The van der Waals surface area contributed by atoms with Gasteiger partial charge in [0.05, 0.1) is 36.9 Å². The number of rotatable bonds is 8. The molecule has 0 radical (unpaired) electrons. The number of anilines is 1. The molecule has 0 saturated heterocycles. The average Bonchev–Trinajstić information content (AvgIpc) is 3.33. The summed E-state index contributed by atoms with van der Waals surface area (Å²) in [6.45, 7) is -0.184. The molecule has 32 heavy (non-hydrogen) atoms. The number of benzene rings is 2. The zero-order valence-corrected chi connectivity index (χ0v) is 18.3. The van der Waals surface area contributed by atoms with Gasteiger partial charge in [-0.25, -0.2) is 0 Å². The van der Waals surface area contributed by atoms with Crippen molar-refractivity contribution in [2.75, 3.05) is 26.1 Å². The van der Waals surface area contributed by atoms with Crippen LogP contribution in [0.15, 0.2) is 60.9 Å². The summed E-state index contributed by atoms with van der Waals surface area (Å²) in [4.78, 5) is 35.8. The molecule has 2 amide bonds. The highest BCUT2D eigenvalue weighted by atomic mass is 35.5. The second-order valence-electron chi connectivity index (χ2n) is 6.77. The number of hydrogen-bond donors (Lipinski definition) is 2. The maximum atomic E-state index is 12.8. The van der Waals surface area contributed by atoms with E-state index in [1.165, 1.54) is 14.2 Å². The van der Waals surface area contributed by atoms with E-state index in [1.54, 1.807) is 36.4 Å². The molecule has 2 aromatic carbocycles. The summed E-state index contributed by atoms with van der Waals surface area (Å²) in [7, 11) is 2.74. The second-order valence-corrected chi connectivity index (χ2v) is 7.18. The van der Waals surface area contributed by atoms with Gasteiger partial charge in [0.25, 0.3) is 5.91 Å². The first kappa shape index (κ1) is 22.9. The van der Waals surface area contributed by atoms with Crippen LogP contribution in [0.5, 0.6) is 5.75 Å². The number of methoxy groups -OCH3 is 2. The Morgan fingerprint density at radius 3 is 2.34 bits per heavy atom. The number of ether oxygens (including phenoxy) is 2. The van der Waals surface area contributed by atoms with Crippen LogP contribution in [0, 0.1) is 0 Å². The maximum absolute atomic E-state index is 12.8. The summed E-state index contributed by atoms with van der Waals surface area (Å²) in [5, 5.41) is 5.67. The molecule has 0 bridgehead atoms. The molecular weight excluding hydrogens is 434 g/mol. The zero-order valence-electron chi connectivity index (χ0n) is 17.6. The van der Waals surface area contributed by atoms with Crippen molar-refractivity contribution in [3.8, 4) is 11.4 Å². The molecule has 3 rings (SSSR count). The summed E-state index contributed by atoms with van der Waals surface area (Å²) in [6.07, 6.45) is 3.78. The minimum Gasteiger partial charge on any atom is -0.496 e. The van der Waals surface area contributed by atoms with Crippen molar-refractivity contribution in [1.82, 2.24) is 9.88 Å². The molecule has 3 aromatic rings. The van der Waals surface area contributed by atoms with Gasteiger partial charge in [0.2, 0.25) is 5.91 Å². The predicted molar refractivity (Wildman–Crippen MR) is 120 cm³/mol. The largest absolute Gasteiger partial charge is 0.496 e. The SMILES string of the molecule is COC(=O)CNC(=O)Cc1ccc(NC(=O)c2cc(Cl)c(-n3cccc3)cc2OC)cc1. The standard InChI is InChI=1S/C23H22ClN3O5/c1-31-20-13-19(27-9-3-4-10-27)18(24)12-17(20)23(30)26-16-7-5-15(6-8-16)11-21(28)25-14-22(29)32-2/h3-10,12-13H,11,14H2,1-2H3,(H,25,28)(H,26,30). The Bertz CT molecular complexity index is 1110. The van der Waals surface area contributed by atoms with E-state index < -0.39 is 5.97 Å². The van der Waals surface area contributed by atoms with Gasteiger partial charge in [0.15, 0.2) is 0 Å². The maximum Gasteiger partial charge on any atom is 0.325 e. The van der Waals surface area contributed by atoms with Crippen LogP contribution < -0.4 is 15.4 Å². The predicted octanol–water partition coefficient (Wildman–Crippen LogP) is 3.22. The number of nitrogens with zero attached hydrogens (tertiary/aromatic N) is 1. The van der Waals surface area contributed by atoms with Gasteiger partial charge in [-0.1, -0.05) is 23.7 Å². The van der Waals surface area contributed by atoms with Gasteiger partial charge in [-0.3, -0.25) is 14.4 Å². The van der Waals surface area contributed by atoms with Crippen LogP contribution in [0.25, 0.3) is 5.69 Å². The number of amides is 2. The molecule has 0 aliphatic heterocycles. The Labute approximate surface area is 190 Å². The van der Waals surface area contributed by atoms with Crippen molar-refractivity contribution >= 4 is 35.1 Å². The van der Waals surface area contributed by atoms with Gasteiger partial charge in [-0.2, -0.15) is 0 Å². The number of aromatic nitrogens is 1. The Hall–Kier alpha value is -3.78. The van der Waals surface area contributed by atoms with Gasteiger partial charge in [-0.15, -0.1) is 0 Å². The highest BCUT2D eigenvalue weighted by Crippen LogP contribution is 2.30. The first-order valence-corrected chi connectivity index (χ1v) is 10.0. The number of carbonyl (C=O) groups excluding carboxylic acids is 3. The van der Waals surface area contributed by atoms with Crippen molar-refractivity contribution in [1.29, 1.82) is 0 Å². The Morgan fingerprint density at radius 2 is 1.72 bits per heavy atom. The van der Waals surface area contributed by atoms with E-state index >= 15 is 0 Å². The first-order valence-electron chi connectivity index (χ1n) is 9.66. The number of carbonyl (C=O) groups is 3. The molecule has 166 valence electrons. The minimum absolute atomic E-state index is 0.0928. The van der Waals surface area contributed by atoms with Crippen LogP contribution in [0.4, 0.5) is 5.69 Å². The van der Waals surface area contributed by atoms with E-state index in [4.69, 9.17) is 16.3 Å². The second kappa shape index (κ2) is 10.5. The number of halogens is 1. The summed E-state index contributed by atoms with van der Waals surface area (Å²) in [5.41, 5.74) is 2.25. The van der Waals surface area contributed by atoms with E-state index in [2.05, 4.69) is 15.4 Å². The van der Waals surface area contributed by atoms with Crippen LogP contribution in [0.2, 0.25) is 5.02 Å². The highest BCUT2D eigenvalue weighted by Gasteiger charge is 2.17. The molecule has 0 fully saturated rings. The van der Waals surface area contributed by atoms with Crippen LogP contribution in [0.1, 0.15) is 15.9 Å². The highest BCUT2D eigenvalue weighted by molar-refractivity contribution is 6.33. The quantitative estimate of drug-likeness (QED) is 0.508. The van der Waals surface area contributed by atoms with Crippen molar-refractivity contribution in [2.24, 2.45) is 0 Å². The van der Waals surface area contributed by atoms with Crippen LogP contribution in [-0.4, -0.2) is 43.1 Å². The minimum atomic E-state index is -0.520. The van der Waals surface area contributed by atoms with Crippen molar-refractivity contribution in [3.05, 3.63) is 77.1 Å². The smallest absolute Gasteiger partial charge is 0.325 e. The molecule has 8 nitrogen and oxygen atoms in total. The Morgan fingerprint density at radius 1 is 1.03 bits per heavy atom. The third kappa shape index (κ3) is 5.67. The summed E-state index contributed by atoms with van der Waals surface area (Å²) >= 11 is 6.40. The average molecular weight is 456 g/mol. The van der Waals surface area contributed by atoms with Crippen molar-refractivity contribution in [3.63, 3.8) is 0 Å². The van der Waals surface area contributed by atoms with Crippen LogP contribution >= 0.6 is 11.6 Å². The molecule has 1 aromatic heterocycles. The fraction of sp³-hybridized carbons (Fsp3) is 0.174. The van der Waals surface area contributed by atoms with Crippen LogP contribution in [-0.2, 0) is 20.7 Å². The third-order valence-electron chi connectivity index (χ3n) is 4.63. The zero-order chi connectivity index (χ0) is 23.1. The Kier molecular flexibility index (Phi) is 7.51.